The third-order valence-electron chi connectivity index (χ3n) is 2.53. The van der Waals surface area contributed by atoms with E-state index in [1.54, 1.807) is 0 Å². The van der Waals surface area contributed by atoms with Crippen molar-refractivity contribution in [2.24, 2.45) is 0 Å². The maximum absolute atomic E-state index is 13.1. The van der Waals surface area contributed by atoms with Crippen molar-refractivity contribution >= 4 is 17.9 Å². The first-order valence-electron chi connectivity index (χ1n) is 6.01. The van der Waals surface area contributed by atoms with Gasteiger partial charge in [-0.2, -0.15) is 0 Å². The van der Waals surface area contributed by atoms with Crippen molar-refractivity contribution < 1.29 is 23.1 Å². The number of carbonyl (C=O) groups is 2. The van der Waals surface area contributed by atoms with Gasteiger partial charge in [-0.3, -0.25) is 9.59 Å². The molecule has 2 aromatic carbocycles. The van der Waals surface area contributed by atoms with Crippen molar-refractivity contribution in [2.45, 2.75) is 0 Å². The molecule has 0 bridgehead atoms. The summed E-state index contributed by atoms with van der Waals surface area (Å²) < 4.78 is 31.0. The molecule has 21 heavy (non-hydrogen) atoms. The van der Waals surface area contributed by atoms with E-state index in [0.717, 1.165) is 12.1 Å². The molecule has 0 spiro atoms. The fourth-order valence-corrected chi connectivity index (χ4v) is 1.61. The number of benzene rings is 2. The third-order valence-corrected chi connectivity index (χ3v) is 2.53. The Morgan fingerprint density at radius 3 is 2.48 bits per heavy atom. The minimum atomic E-state index is -0.631. The number of hydrogen-bond donors (Lipinski definition) is 1. The number of halogens is 2. The highest BCUT2D eigenvalue weighted by molar-refractivity contribution is 5.91. The Kier molecular flexibility index (Phi) is 4.61. The molecule has 6 heteroatoms. The van der Waals surface area contributed by atoms with E-state index in [4.69, 9.17) is 4.74 Å². The van der Waals surface area contributed by atoms with Crippen LogP contribution in [-0.2, 0) is 4.79 Å². The summed E-state index contributed by atoms with van der Waals surface area (Å²) in [5.41, 5.74) is 0.529. The maximum Gasteiger partial charge on any atom is 0.262 e. The average Bonchev–Trinajstić information content (AvgIpc) is 2.47. The molecule has 0 fully saturated rings. The van der Waals surface area contributed by atoms with Crippen molar-refractivity contribution in [3.63, 3.8) is 0 Å². The SMILES string of the molecule is O=Cc1cc(F)cc(OCC(=O)Nc2ccc(F)cc2)c1. The monoisotopic (exact) mass is 291 g/mol. The van der Waals surface area contributed by atoms with Crippen LogP contribution >= 0.6 is 0 Å². The van der Waals surface area contributed by atoms with Crippen LogP contribution in [0.25, 0.3) is 0 Å². The molecule has 1 N–H and O–H groups in total. The Balaban J connectivity index is 1.93. The zero-order chi connectivity index (χ0) is 15.2. The number of nitrogens with one attached hydrogen (secondary N) is 1. The minimum Gasteiger partial charge on any atom is -0.484 e. The second-order valence-electron chi connectivity index (χ2n) is 4.18. The van der Waals surface area contributed by atoms with E-state index < -0.39 is 17.5 Å². The number of rotatable bonds is 5. The highest BCUT2D eigenvalue weighted by Crippen LogP contribution is 2.15. The van der Waals surface area contributed by atoms with Crippen LogP contribution in [0.4, 0.5) is 14.5 Å². The number of amides is 1. The highest BCUT2D eigenvalue weighted by atomic mass is 19.1. The van der Waals surface area contributed by atoms with Crippen molar-refractivity contribution in [2.75, 3.05) is 11.9 Å². The molecule has 0 aliphatic rings. The van der Waals surface area contributed by atoms with Crippen molar-refractivity contribution in [3.8, 4) is 5.75 Å². The molecule has 0 saturated carbocycles. The standard InChI is InChI=1S/C15H11F2NO3/c16-11-1-3-13(4-2-11)18-15(20)9-21-14-6-10(8-19)5-12(17)7-14/h1-8H,9H2,(H,18,20). The topological polar surface area (TPSA) is 55.4 Å². The van der Waals surface area contributed by atoms with Gasteiger partial charge in [-0.15, -0.1) is 0 Å². The number of anilines is 1. The summed E-state index contributed by atoms with van der Waals surface area (Å²) in [6, 6.07) is 8.66. The van der Waals surface area contributed by atoms with Gasteiger partial charge in [-0.25, -0.2) is 8.78 Å². The second-order valence-corrected chi connectivity index (χ2v) is 4.18. The molecule has 0 radical (unpaired) electrons. The molecule has 0 saturated heterocycles. The predicted octanol–water partition coefficient (Wildman–Crippen LogP) is 2.79. The van der Waals surface area contributed by atoms with E-state index in [0.29, 0.717) is 12.0 Å². The minimum absolute atomic E-state index is 0.0753. The largest absolute Gasteiger partial charge is 0.484 e. The van der Waals surface area contributed by atoms with Gasteiger partial charge in [0.25, 0.3) is 5.91 Å². The van der Waals surface area contributed by atoms with Crippen LogP contribution < -0.4 is 10.1 Å². The summed E-state index contributed by atoms with van der Waals surface area (Å²) in [7, 11) is 0. The number of hydrogen-bond acceptors (Lipinski definition) is 3. The average molecular weight is 291 g/mol. The Morgan fingerprint density at radius 1 is 1.10 bits per heavy atom. The van der Waals surface area contributed by atoms with E-state index in [-0.39, 0.29) is 17.9 Å². The first kappa shape index (κ1) is 14.6. The van der Waals surface area contributed by atoms with Crippen LogP contribution in [0.3, 0.4) is 0 Å². The number of aldehydes is 1. The molecule has 0 atom stereocenters. The first-order valence-corrected chi connectivity index (χ1v) is 6.01. The van der Waals surface area contributed by atoms with Gasteiger partial charge in [0.05, 0.1) is 0 Å². The lowest BCUT2D eigenvalue weighted by Crippen LogP contribution is -2.20. The van der Waals surface area contributed by atoms with E-state index >= 15 is 0 Å². The molecule has 108 valence electrons. The van der Waals surface area contributed by atoms with Gasteiger partial charge in [-0.05, 0) is 36.4 Å². The normalized spacial score (nSPS) is 10.0. The van der Waals surface area contributed by atoms with Crippen molar-refractivity contribution in [1.82, 2.24) is 0 Å². The zero-order valence-electron chi connectivity index (χ0n) is 10.8. The van der Waals surface area contributed by atoms with Gasteiger partial charge in [0.1, 0.15) is 23.7 Å². The van der Waals surface area contributed by atoms with Gasteiger partial charge in [0.2, 0.25) is 0 Å². The summed E-state index contributed by atoms with van der Waals surface area (Å²) in [5.74, 6) is -1.45. The van der Waals surface area contributed by atoms with Crippen LogP contribution in [0, 0.1) is 11.6 Å². The van der Waals surface area contributed by atoms with Crippen LogP contribution in [0.2, 0.25) is 0 Å². The maximum atomic E-state index is 13.1. The summed E-state index contributed by atoms with van der Waals surface area (Å²) >= 11 is 0. The summed E-state index contributed by atoms with van der Waals surface area (Å²) in [6.07, 6.45) is 0.481. The van der Waals surface area contributed by atoms with E-state index in [1.165, 1.54) is 30.3 Å². The molecule has 4 nitrogen and oxygen atoms in total. The van der Waals surface area contributed by atoms with Gasteiger partial charge >= 0.3 is 0 Å². The summed E-state index contributed by atoms with van der Waals surface area (Å²) in [5, 5.41) is 2.49. The van der Waals surface area contributed by atoms with Crippen LogP contribution in [0.15, 0.2) is 42.5 Å². The summed E-state index contributed by atoms with van der Waals surface area (Å²) in [6.45, 7) is -0.362. The number of carbonyl (C=O) groups excluding carboxylic acids is 2. The van der Waals surface area contributed by atoms with Gasteiger partial charge in [-0.1, -0.05) is 0 Å². The van der Waals surface area contributed by atoms with E-state index in [9.17, 15) is 18.4 Å². The predicted molar refractivity (Wildman–Crippen MR) is 72.3 cm³/mol. The van der Waals surface area contributed by atoms with Crippen LogP contribution in [-0.4, -0.2) is 18.8 Å². The van der Waals surface area contributed by atoms with Gasteiger partial charge < -0.3 is 10.1 Å². The lowest BCUT2D eigenvalue weighted by Gasteiger charge is -2.08. The van der Waals surface area contributed by atoms with E-state index in [2.05, 4.69) is 5.32 Å². The molecule has 0 unspecified atom stereocenters. The Morgan fingerprint density at radius 2 is 1.81 bits per heavy atom. The number of ether oxygens (including phenoxy) is 1. The quantitative estimate of drug-likeness (QED) is 0.862. The molecule has 0 heterocycles. The Labute approximate surface area is 119 Å². The van der Waals surface area contributed by atoms with Crippen molar-refractivity contribution in [1.29, 1.82) is 0 Å². The zero-order valence-corrected chi connectivity index (χ0v) is 10.8. The summed E-state index contributed by atoms with van der Waals surface area (Å²) in [4.78, 5) is 22.2. The van der Waals surface area contributed by atoms with Crippen molar-refractivity contribution in [3.05, 3.63) is 59.7 Å². The Hall–Kier alpha value is -2.76. The van der Waals surface area contributed by atoms with Crippen LogP contribution in [0.1, 0.15) is 10.4 Å². The fourth-order valence-electron chi connectivity index (χ4n) is 1.61. The molecule has 0 aromatic heterocycles. The molecule has 0 aliphatic carbocycles. The third kappa shape index (κ3) is 4.38. The lowest BCUT2D eigenvalue weighted by molar-refractivity contribution is -0.118. The van der Waals surface area contributed by atoms with Gasteiger partial charge in [0, 0.05) is 17.3 Å². The molecular formula is C15H11F2NO3. The molecule has 1 amide bonds. The smallest absolute Gasteiger partial charge is 0.262 e. The molecule has 2 rings (SSSR count). The highest BCUT2D eigenvalue weighted by Gasteiger charge is 2.06. The lowest BCUT2D eigenvalue weighted by atomic mass is 10.2. The van der Waals surface area contributed by atoms with E-state index in [1.807, 2.05) is 0 Å². The fraction of sp³-hybridized carbons (Fsp3) is 0.0667. The first-order chi connectivity index (χ1) is 10.1. The second kappa shape index (κ2) is 6.60. The van der Waals surface area contributed by atoms with Gasteiger partial charge in [0.15, 0.2) is 6.61 Å². The molecule has 0 aliphatic heterocycles. The molecule has 2 aromatic rings. The van der Waals surface area contributed by atoms with Crippen LogP contribution in [0.5, 0.6) is 5.75 Å². The molecular weight excluding hydrogens is 280 g/mol. The Bertz CT molecular complexity index is 656.